The van der Waals surface area contributed by atoms with E-state index in [0.717, 1.165) is 11.8 Å². The number of aliphatic imine (C=N–C) groups is 1. The van der Waals surface area contributed by atoms with Crippen molar-refractivity contribution in [3.8, 4) is 12.3 Å². The molecule has 1 atom stereocenters. The zero-order valence-corrected chi connectivity index (χ0v) is 19.9. The molecule has 0 fully saturated rings. The van der Waals surface area contributed by atoms with Crippen molar-refractivity contribution >= 4 is 40.1 Å². The second-order valence-corrected chi connectivity index (χ2v) is 9.55. The lowest BCUT2D eigenvalue weighted by molar-refractivity contribution is -0.108. The van der Waals surface area contributed by atoms with E-state index in [-0.39, 0.29) is 22.1 Å². The van der Waals surface area contributed by atoms with E-state index in [2.05, 4.69) is 10.9 Å². The number of thiazole rings is 1. The van der Waals surface area contributed by atoms with Gasteiger partial charge in [0.25, 0.3) is 0 Å². The van der Waals surface area contributed by atoms with Gasteiger partial charge in [-0.25, -0.2) is 19.1 Å². The van der Waals surface area contributed by atoms with Crippen molar-refractivity contribution in [2.24, 2.45) is 4.99 Å². The maximum absolute atomic E-state index is 13.8. The number of allylic oxidation sites excluding steroid dienone is 1. The first-order chi connectivity index (χ1) is 15.1. The fraction of sp³-hybridized carbons (Fsp3) is 0.304. The van der Waals surface area contributed by atoms with E-state index in [0.29, 0.717) is 16.3 Å². The molecule has 0 saturated carbocycles. The number of amides is 1. The first kappa shape index (κ1) is 23.7. The third kappa shape index (κ3) is 4.76. The minimum atomic E-state index is -0.834. The average molecular weight is 472 g/mol. The van der Waals surface area contributed by atoms with Crippen LogP contribution in [-0.4, -0.2) is 38.8 Å². The normalized spacial score (nSPS) is 16.5. The van der Waals surface area contributed by atoms with Crippen molar-refractivity contribution < 1.29 is 18.7 Å². The average Bonchev–Trinajstić information content (AvgIpc) is 3.25. The Morgan fingerprint density at radius 3 is 2.62 bits per heavy atom. The van der Waals surface area contributed by atoms with Crippen LogP contribution in [0.5, 0.6) is 0 Å². The summed E-state index contributed by atoms with van der Waals surface area (Å²) < 4.78 is 19.4. The number of terminal acetylenes is 1. The van der Waals surface area contributed by atoms with Crippen LogP contribution in [0.25, 0.3) is 0 Å². The van der Waals surface area contributed by atoms with Gasteiger partial charge in [0, 0.05) is 22.8 Å². The highest BCUT2D eigenvalue weighted by Crippen LogP contribution is 2.39. The van der Waals surface area contributed by atoms with E-state index in [4.69, 9.17) is 16.2 Å². The van der Waals surface area contributed by atoms with Gasteiger partial charge in [-0.05, 0) is 51.6 Å². The number of halogens is 1. The van der Waals surface area contributed by atoms with Crippen molar-refractivity contribution in [2.45, 2.75) is 39.3 Å². The summed E-state index contributed by atoms with van der Waals surface area (Å²) in [5.41, 5.74) is 0.632. The van der Waals surface area contributed by atoms with E-state index in [9.17, 15) is 14.0 Å². The fourth-order valence-electron chi connectivity index (χ4n) is 3.22. The number of carbonyl (C=O) groups is 2. The summed E-state index contributed by atoms with van der Waals surface area (Å²) in [5.74, 6) is 2.22. The first-order valence-corrected chi connectivity index (χ1v) is 11.7. The molecule has 1 aliphatic rings. The van der Waals surface area contributed by atoms with Crippen LogP contribution in [0.2, 0.25) is 0 Å². The lowest BCUT2D eigenvalue weighted by Gasteiger charge is -2.34. The first-order valence-electron chi connectivity index (χ1n) is 9.63. The Kier molecular flexibility index (Phi) is 6.86. The van der Waals surface area contributed by atoms with E-state index in [1.54, 1.807) is 45.5 Å². The molecular weight excluding hydrogens is 449 g/mol. The quantitative estimate of drug-likeness (QED) is 0.578. The summed E-state index contributed by atoms with van der Waals surface area (Å²) in [7, 11) is 0. The number of nitrogens with zero attached hydrogens (tertiary/aromatic N) is 3. The van der Waals surface area contributed by atoms with Crippen LogP contribution in [-0.2, 0) is 9.53 Å². The van der Waals surface area contributed by atoms with E-state index < -0.39 is 23.6 Å². The molecule has 0 spiro atoms. The Bertz CT molecular complexity index is 1160. The topological polar surface area (TPSA) is 71.9 Å². The Morgan fingerprint density at radius 2 is 2.06 bits per heavy atom. The summed E-state index contributed by atoms with van der Waals surface area (Å²) in [5, 5.41) is 1.95. The smallest absolute Gasteiger partial charge is 0.420 e. The van der Waals surface area contributed by atoms with Gasteiger partial charge in [0.15, 0.2) is 10.8 Å². The molecule has 0 unspecified atom stereocenters. The minimum absolute atomic E-state index is 0.238. The predicted molar refractivity (Wildman–Crippen MR) is 125 cm³/mol. The van der Waals surface area contributed by atoms with E-state index in [1.165, 1.54) is 34.4 Å². The van der Waals surface area contributed by atoms with E-state index >= 15 is 0 Å². The Balaban J connectivity index is 2.27. The Morgan fingerprint density at radius 1 is 1.34 bits per heavy atom. The van der Waals surface area contributed by atoms with E-state index in [1.807, 2.05) is 0 Å². The fourth-order valence-corrected chi connectivity index (χ4v) is 4.32. The third-order valence-corrected chi connectivity index (χ3v) is 5.89. The number of hydrogen-bond acceptors (Lipinski definition) is 7. The molecule has 0 bridgehead atoms. The van der Waals surface area contributed by atoms with Crippen molar-refractivity contribution in [1.82, 2.24) is 9.88 Å². The summed E-state index contributed by atoms with van der Waals surface area (Å²) in [6.07, 6.45) is 8.18. The molecule has 166 valence electrons. The van der Waals surface area contributed by atoms with Crippen LogP contribution in [0, 0.1) is 18.2 Å². The molecule has 3 rings (SSSR count). The summed E-state index contributed by atoms with van der Waals surface area (Å²) >= 11 is 2.28. The number of ether oxygens (including phenoxy) is 1. The largest absolute Gasteiger partial charge is 0.443 e. The summed E-state index contributed by atoms with van der Waals surface area (Å²) in [6.45, 7) is 6.91. The lowest BCUT2D eigenvalue weighted by Crippen LogP contribution is -2.43. The number of amidine groups is 1. The van der Waals surface area contributed by atoms with Gasteiger partial charge in [-0.15, -0.1) is 17.8 Å². The Labute approximate surface area is 194 Å². The summed E-state index contributed by atoms with van der Waals surface area (Å²) in [6, 6.07) is 3.18. The van der Waals surface area contributed by atoms with Gasteiger partial charge in [0.2, 0.25) is 5.12 Å². The van der Waals surface area contributed by atoms with Gasteiger partial charge in [-0.2, -0.15) is 0 Å². The summed E-state index contributed by atoms with van der Waals surface area (Å²) in [4.78, 5) is 36.5. The molecular formula is C23H22FN3O3S2. The van der Waals surface area contributed by atoms with Crippen LogP contribution >= 0.6 is 23.1 Å². The molecule has 0 aliphatic carbocycles. The van der Waals surface area contributed by atoms with Crippen molar-refractivity contribution in [3.05, 3.63) is 63.0 Å². The predicted octanol–water partition coefficient (Wildman–Crippen LogP) is 5.17. The molecule has 1 aromatic carbocycles. The highest BCUT2D eigenvalue weighted by atomic mass is 32.2. The third-order valence-electron chi connectivity index (χ3n) is 4.53. The molecule has 9 heteroatoms. The second-order valence-electron chi connectivity index (χ2n) is 7.87. The number of rotatable bonds is 3. The number of carbonyl (C=O) groups excluding carboxylic acids is 2. The molecule has 0 saturated heterocycles. The molecule has 6 nitrogen and oxygen atoms in total. The molecule has 1 aromatic heterocycles. The molecule has 32 heavy (non-hydrogen) atoms. The SMILES string of the molecule is C#Cc1cc(F)ccc1[C@@H]1N=C(c2nccs2)N(C(=O)OC(C)(C)C)C(C)=C1C(=O)SC. The maximum atomic E-state index is 13.8. The van der Waals surface area contributed by atoms with Gasteiger partial charge < -0.3 is 4.74 Å². The van der Waals surface area contributed by atoms with Gasteiger partial charge in [-0.1, -0.05) is 23.7 Å². The number of thioether (sulfide) groups is 1. The molecule has 0 N–H and O–H groups in total. The molecule has 2 aromatic rings. The standard InChI is InChI=1S/C23H22FN3O3S2/c1-7-14-12-15(24)8-9-16(14)18-17(21(28)31-6)13(2)27(22(29)30-23(3,4)5)19(26-18)20-25-10-11-32-20/h1,8-12,18H,2-6H3/t18-/m0/s1. The van der Waals surface area contributed by atoms with Crippen molar-refractivity contribution in [3.63, 3.8) is 0 Å². The number of aromatic nitrogens is 1. The number of hydrogen-bond donors (Lipinski definition) is 0. The molecule has 1 amide bonds. The van der Waals surface area contributed by atoms with Gasteiger partial charge in [-0.3, -0.25) is 9.79 Å². The van der Waals surface area contributed by atoms with Crippen molar-refractivity contribution in [2.75, 3.05) is 6.26 Å². The van der Waals surface area contributed by atoms with Crippen LogP contribution in [0.3, 0.4) is 0 Å². The van der Waals surface area contributed by atoms with Crippen LogP contribution < -0.4 is 0 Å². The minimum Gasteiger partial charge on any atom is -0.443 e. The molecule has 0 radical (unpaired) electrons. The van der Waals surface area contributed by atoms with Gasteiger partial charge in [0.05, 0.1) is 5.57 Å². The maximum Gasteiger partial charge on any atom is 0.420 e. The Hall–Kier alpha value is -2.96. The molecule has 2 heterocycles. The van der Waals surface area contributed by atoms with Gasteiger partial charge >= 0.3 is 6.09 Å². The lowest BCUT2D eigenvalue weighted by atomic mass is 9.92. The number of benzene rings is 1. The highest BCUT2D eigenvalue weighted by Gasteiger charge is 2.39. The zero-order chi connectivity index (χ0) is 23.6. The van der Waals surface area contributed by atoms with Crippen LogP contribution in [0.4, 0.5) is 9.18 Å². The van der Waals surface area contributed by atoms with Gasteiger partial charge in [0.1, 0.15) is 17.5 Å². The molecule has 1 aliphatic heterocycles. The highest BCUT2D eigenvalue weighted by molar-refractivity contribution is 8.13. The van der Waals surface area contributed by atoms with Crippen molar-refractivity contribution in [1.29, 1.82) is 0 Å². The zero-order valence-electron chi connectivity index (χ0n) is 18.3. The van der Waals surface area contributed by atoms with Crippen LogP contribution in [0.1, 0.15) is 49.9 Å². The monoisotopic (exact) mass is 471 g/mol. The second kappa shape index (κ2) is 9.27. The van der Waals surface area contributed by atoms with Crippen LogP contribution in [0.15, 0.2) is 46.0 Å².